The lowest BCUT2D eigenvalue weighted by molar-refractivity contribution is -0.116. The number of halogens is 1. The first-order chi connectivity index (χ1) is 11.7. The van der Waals surface area contributed by atoms with Crippen LogP contribution in [-0.4, -0.2) is 10.9 Å². The molecule has 0 aliphatic heterocycles. The summed E-state index contributed by atoms with van der Waals surface area (Å²) in [5, 5.41) is 5.66. The predicted octanol–water partition coefficient (Wildman–Crippen LogP) is 4.28. The summed E-state index contributed by atoms with van der Waals surface area (Å²) in [6, 6.07) is 15.9. The van der Waals surface area contributed by atoms with Gasteiger partial charge in [-0.1, -0.05) is 42.5 Å². The molecule has 0 bridgehead atoms. The number of carbonyl (C=O) groups excluding carboxylic acids is 1. The third kappa shape index (κ3) is 4.36. The molecule has 120 valence electrons. The maximum atomic E-state index is 12.8. The molecule has 1 N–H and O–H groups in total. The van der Waals surface area contributed by atoms with Gasteiger partial charge in [0.25, 0.3) is 0 Å². The number of thiazole rings is 1. The van der Waals surface area contributed by atoms with Gasteiger partial charge < -0.3 is 5.32 Å². The van der Waals surface area contributed by atoms with E-state index in [0.29, 0.717) is 6.54 Å². The van der Waals surface area contributed by atoms with E-state index in [1.165, 1.54) is 18.2 Å². The molecule has 0 fully saturated rings. The van der Waals surface area contributed by atoms with E-state index in [1.807, 2.05) is 35.7 Å². The van der Waals surface area contributed by atoms with Gasteiger partial charge in [-0.05, 0) is 23.8 Å². The number of hydrogen-bond acceptors (Lipinski definition) is 3. The van der Waals surface area contributed by atoms with Gasteiger partial charge in [0.1, 0.15) is 10.8 Å². The summed E-state index contributed by atoms with van der Waals surface area (Å²) in [6.07, 6.45) is 3.07. The lowest BCUT2D eigenvalue weighted by atomic mass is 10.2. The standard InChI is InChI=1S/C19H15FN2OS/c20-16-9-6-14(7-10-16)8-11-18(23)21-12-17-13-24-19(22-17)15-4-2-1-3-5-15/h1-11,13H,12H2,(H,21,23)/b11-8-. The van der Waals surface area contributed by atoms with E-state index in [0.717, 1.165) is 21.8 Å². The Morgan fingerprint density at radius 1 is 1.12 bits per heavy atom. The quantitative estimate of drug-likeness (QED) is 0.706. The second kappa shape index (κ2) is 7.66. The highest BCUT2D eigenvalue weighted by Crippen LogP contribution is 2.23. The molecule has 2 aromatic carbocycles. The molecule has 0 saturated heterocycles. The van der Waals surface area contributed by atoms with Gasteiger partial charge in [0.05, 0.1) is 12.2 Å². The topological polar surface area (TPSA) is 42.0 Å². The van der Waals surface area contributed by atoms with Crippen molar-refractivity contribution >= 4 is 23.3 Å². The highest BCUT2D eigenvalue weighted by molar-refractivity contribution is 7.13. The first-order valence-electron chi connectivity index (χ1n) is 7.42. The molecule has 0 atom stereocenters. The average molecular weight is 338 g/mol. The minimum absolute atomic E-state index is 0.214. The van der Waals surface area contributed by atoms with E-state index in [1.54, 1.807) is 29.5 Å². The number of benzene rings is 2. The lowest BCUT2D eigenvalue weighted by Crippen LogP contribution is -2.20. The van der Waals surface area contributed by atoms with Crippen molar-refractivity contribution in [1.29, 1.82) is 0 Å². The molecule has 1 amide bonds. The molecule has 0 saturated carbocycles. The number of rotatable bonds is 5. The SMILES string of the molecule is O=C(/C=C\c1ccc(F)cc1)NCc1csc(-c2ccccc2)n1. The number of hydrogen-bond donors (Lipinski definition) is 1. The molecule has 1 heterocycles. The van der Waals surface area contributed by atoms with Gasteiger partial charge in [-0.15, -0.1) is 11.3 Å². The highest BCUT2D eigenvalue weighted by Gasteiger charge is 2.05. The molecule has 0 spiro atoms. The third-order valence-corrected chi connectivity index (χ3v) is 4.25. The zero-order valence-electron chi connectivity index (χ0n) is 12.8. The van der Waals surface area contributed by atoms with Crippen LogP contribution < -0.4 is 5.32 Å². The van der Waals surface area contributed by atoms with Gasteiger partial charge in [-0.2, -0.15) is 0 Å². The second-order valence-corrected chi connectivity index (χ2v) is 5.97. The summed E-state index contributed by atoms with van der Waals surface area (Å²) in [7, 11) is 0. The Bertz CT molecular complexity index is 841. The Morgan fingerprint density at radius 2 is 1.88 bits per heavy atom. The van der Waals surface area contributed by atoms with E-state index in [9.17, 15) is 9.18 Å². The summed E-state index contributed by atoms with van der Waals surface area (Å²) in [5.74, 6) is -0.511. The Morgan fingerprint density at radius 3 is 2.62 bits per heavy atom. The van der Waals surface area contributed by atoms with E-state index >= 15 is 0 Å². The Labute approximate surface area is 143 Å². The van der Waals surface area contributed by atoms with E-state index in [-0.39, 0.29) is 11.7 Å². The minimum Gasteiger partial charge on any atom is -0.347 e. The molecule has 0 aliphatic rings. The summed E-state index contributed by atoms with van der Waals surface area (Å²) in [4.78, 5) is 16.4. The van der Waals surface area contributed by atoms with Crippen LogP contribution in [0.3, 0.4) is 0 Å². The zero-order valence-corrected chi connectivity index (χ0v) is 13.6. The van der Waals surface area contributed by atoms with Gasteiger partial charge in [0.15, 0.2) is 0 Å². The molecular formula is C19H15FN2OS. The van der Waals surface area contributed by atoms with Crippen LogP contribution in [0.1, 0.15) is 11.3 Å². The first-order valence-corrected chi connectivity index (χ1v) is 8.30. The summed E-state index contributed by atoms with van der Waals surface area (Å²) >= 11 is 1.55. The van der Waals surface area contributed by atoms with Gasteiger partial charge in [-0.25, -0.2) is 9.37 Å². The highest BCUT2D eigenvalue weighted by atomic mass is 32.1. The molecule has 3 rings (SSSR count). The van der Waals surface area contributed by atoms with Crippen LogP contribution in [-0.2, 0) is 11.3 Å². The van der Waals surface area contributed by atoms with Gasteiger partial charge in [0, 0.05) is 17.0 Å². The summed E-state index contributed by atoms with van der Waals surface area (Å²) in [5.41, 5.74) is 2.66. The van der Waals surface area contributed by atoms with Gasteiger partial charge >= 0.3 is 0 Å². The maximum absolute atomic E-state index is 12.8. The van der Waals surface area contributed by atoms with Crippen molar-refractivity contribution in [3.63, 3.8) is 0 Å². The predicted molar refractivity (Wildman–Crippen MR) is 94.8 cm³/mol. The Kier molecular flexibility index (Phi) is 5.13. The normalized spacial score (nSPS) is 10.9. The number of nitrogens with zero attached hydrogens (tertiary/aromatic N) is 1. The van der Waals surface area contributed by atoms with Crippen LogP contribution in [0.5, 0.6) is 0 Å². The fourth-order valence-electron chi connectivity index (χ4n) is 2.08. The van der Waals surface area contributed by atoms with Crippen LogP contribution in [0.2, 0.25) is 0 Å². The van der Waals surface area contributed by atoms with Crippen LogP contribution in [0, 0.1) is 5.82 Å². The van der Waals surface area contributed by atoms with Gasteiger partial charge in [0.2, 0.25) is 5.91 Å². The molecule has 1 aromatic heterocycles. The third-order valence-electron chi connectivity index (χ3n) is 3.31. The van der Waals surface area contributed by atoms with E-state index in [2.05, 4.69) is 10.3 Å². The fourth-order valence-corrected chi connectivity index (χ4v) is 2.91. The molecule has 3 nitrogen and oxygen atoms in total. The van der Waals surface area contributed by atoms with Crippen LogP contribution >= 0.6 is 11.3 Å². The smallest absolute Gasteiger partial charge is 0.244 e. The largest absolute Gasteiger partial charge is 0.347 e. The first kappa shape index (κ1) is 16.1. The van der Waals surface area contributed by atoms with Crippen LogP contribution in [0.4, 0.5) is 4.39 Å². The van der Waals surface area contributed by atoms with E-state index < -0.39 is 0 Å². The van der Waals surface area contributed by atoms with E-state index in [4.69, 9.17) is 0 Å². The molecule has 5 heteroatoms. The molecule has 3 aromatic rings. The van der Waals surface area contributed by atoms with Crippen molar-refractivity contribution in [3.8, 4) is 10.6 Å². The minimum atomic E-state index is -0.297. The number of carbonyl (C=O) groups is 1. The molecule has 0 unspecified atom stereocenters. The molecule has 0 aliphatic carbocycles. The van der Waals surface area contributed by atoms with Crippen LogP contribution in [0.25, 0.3) is 16.6 Å². The maximum Gasteiger partial charge on any atom is 0.244 e. The van der Waals surface area contributed by atoms with Crippen molar-refractivity contribution in [3.05, 3.63) is 83.1 Å². The summed E-state index contributed by atoms with van der Waals surface area (Å²) < 4.78 is 12.8. The molecule has 24 heavy (non-hydrogen) atoms. The second-order valence-electron chi connectivity index (χ2n) is 5.11. The number of nitrogens with one attached hydrogen (secondary N) is 1. The monoisotopic (exact) mass is 338 g/mol. The molecular weight excluding hydrogens is 323 g/mol. The van der Waals surface area contributed by atoms with Crippen molar-refractivity contribution < 1.29 is 9.18 Å². The fraction of sp³-hybridized carbons (Fsp3) is 0.0526. The average Bonchev–Trinajstić information content (AvgIpc) is 3.09. The van der Waals surface area contributed by atoms with Gasteiger partial charge in [-0.3, -0.25) is 4.79 Å². The molecule has 0 radical (unpaired) electrons. The number of aromatic nitrogens is 1. The van der Waals surface area contributed by atoms with Crippen molar-refractivity contribution in [2.45, 2.75) is 6.54 Å². The van der Waals surface area contributed by atoms with Crippen molar-refractivity contribution in [2.24, 2.45) is 0 Å². The number of amides is 1. The lowest BCUT2D eigenvalue weighted by Gasteiger charge is -1.99. The summed E-state index contributed by atoms with van der Waals surface area (Å²) in [6.45, 7) is 0.371. The Balaban J connectivity index is 1.55. The van der Waals surface area contributed by atoms with Crippen molar-refractivity contribution in [2.75, 3.05) is 0 Å². The van der Waals surface area contributed by atoms with Crippen LogP contribution in [0.15, 0.2) is 66.1 Å². The zero-order chi connectivity index (χ0) is 16.8. The Hall–Kier alpha value is -2.79. The van der Waals surface area contributed by atoms with Crippen molar-refractivity contribution in [1.82, 2.24) is 10.3 Å².